The Morgan fingerprint density at radius 2 is 1.96 bits per heavy atom. The number of carbonyl (C=O) groups is 2. The Kier molecular flexibility index (Phi) is 6.89. The molecule has 25 heavy (non-hydrogen) atoms. The second-order valence-electron chi connectivity index (χ2n) is 5.45. The van der Waals surface area contributed by atoms with E-state index in [1.54, 1.807) is 36.4 Å². The summed E-state index contributed by atoms with van der Waals surface area (Å²) < 4.78 is 18.2. The van der Waals surface area contributed by atoms with E-state index in [9.17, 15) is 14.0 Å². The number of hydrogen-bond donors (Lipinski definition) is 1. The molecule has 2 aromatic rings. The minimum atomic E-state index is -0.417. The van der Waals surface area contributed by atoms with Gasteiger partial charge in [-0.2, -0.15) is 0 Å². The first-order chi connectivity index (χ1) is 12.1. The lowest BCUT2D eigenvalue weighted by Crippen LogP contribution is -2.10. The molecule has 0 unspecified atom stereocenters. The maximum Gasteiger partial charge on any atom is 0.338 e. The summed E-state index contributed by atoms with van der Waals surface area (Å²) >= 11 is 0. The van der Waals surface area contributed by atoms with Crippen molar-refractivity contribution in [3.8, 4) is 0 Å². The standard InChI is InChI=1S/C20H20FNO3/c1-2-3-12-25-20(24)16-7-5-9-18(14-16)22-19(23)11-10-15-6-4-8-17(21)13-15/h4-11,13-14H,2-3,12H2,1H3,(H,22,23)/b11-10+. The Bertz CT molecular complexity index is 771. The van der Waals surface area contributed by atoms with Crippen LogP contribution in [-0.4, -0.2) is 18.5 Å². The minimum Gasteiger partial charge on any atom is -0.462 e. The third-order valence-electron chi connectivity index (χ3n) is 3.37. The summed E-state index contributed by atoms with van der Waals surface area (Å²) in [5.74, 6) is -1.16. The average molecular weight is 341 g/mol. The molecule has 1 amide bonds. The highest BCUT2D eigenvalue weighted by molar-refractivity contribution is 6.02. The van der Waals surface area contributed by atoms with E-state index in [1.807, 2.05) is 6.92 Å². The van der Waals surface area contributed by atoms with Crippen LogP contribution in [0.5, 0.6) is 0 Å². The summed E-state index contributed by atoms with van der Waals surface area (Å²) in [4.78, 5) is 23.9. The third-order valence-corrected chi connectivity index (χ3v) is 3.37. The first kappa shape index (κ1) is 18.4. The van der Waals surface area contributed by atoms with Crippen molar-refractivity contribution in [2.45, 2.75) is 19.8 Å². The second-order valence-corrected chi connectivity index (χ2v) is 5.45. The molecular formula is C20H20FNO3. The van der Waals surface area contributed by atoms with E-state index in [0.29, 0.717) is 23.4 Å². The highest BCUT2D eigenvalue weighted by atomic mass is 19.1. The molecule has 0 heterocycles. The second kappa shape index (κ2) is 9.37. The summed E-state index contributed by atoms with van der Waals surface area (Å²) in [6, 6.07) is 12.5. The van der Waals surface area contributed by atoms with Crippen LogP contribution in [0.15, 0.2) is 54.6 Å². The molecule has 2 aromatic carbocycles. The van der Waals surface area contributed by atoms with Crippen molar-refractivity contribution in [2.24, 2.45) is 0 Å². The average Bonchev–Trinajstić information content (AvgIpc) is 2.60. The van der Waals surface area contributed by atoms with Gasteiger partial charge in [-0.15, -0.1) is 0 Å². The number of amides is 1. The zero-order valence-electron chi connectivity index (χ0n) is 14.0. The normalized spacial score (nSPS) is 10.6. The molecule has 0 spiro atoms. The van der Waals surface area contributed by atoms with Gasteiger partial charge in [-0.25, -0.2) is 9.18 Å². The smallest absolute Gasteiger partial charge is 0.338 e. The van der Waals surface area contributed by atoms with Gasteiger partial charge in [-0.1, -0.05) is 31.5 Å². The molecule has 0 atom stereocenters. The molecule has 0 fully saturated rings. The zero-order chi connectivity index (χ0) is 18.1. The molecule has 5 heteroatoms. The highest BCUT2D eigenvalue weighted by Gasteiger charge is 2.08. The van der Waals surface area contributed by atoms with Crippen molar-refractivity contribution >= 4 is 23.6 Å². The molecule has 0 aliphatic rings. The van der Waals surface area contributed by atoms with Crippen molar-refractivity contribution in [2.75, 3.05) is 11.9 Å². The molecule has 0 radical (unpaired) electrons. The molecule has 2 rings (SSSR count). The molecule has 0 aliphatic heterocycles. The Labute approximate surface area is 146 Å². The van der Waals surface area contributed by atoms with Gasteiger partial charge < -0.3 is 10.1 Å². The highest BCUT2D eigenvalue weighted by Crippen LogP contribution is 2.13. The summed E-state index contributed by atoms with van der Waals surface area (Å²) in [7, 11) is 0. The molecule has 4 nitrogen and oxygen atoms in total. The first-order valence-electron chi connectivity index (χ1n) is 8.10. The number of halogens is 1. The zero-order valence-corrected chi connectivity index (χ0v) is 14.0. The van der Waals surface area contributed by atoms with Gasteiger partial charge in [0.25, 0.3) is 0 Å². The SMILES string of the molecule is CCCCOC(=O)c1cccc(NC(=O)/C=C/c2cccc(F)c2)c1. The van der Waals surface area contributed by atoms with E-state index in [-0.39, 0.29) is 11.7 Å². The van der Waals surface area contributed by atoms with Crippen molar-refractivity contribution in [3.63, 3.8) is 0 Å². The third kappa shape index (κ3) is 6.22. The summed E-state index contributed by atoms with van der Waals surface area (Å²) in [6.07, 6.45) is 4.58. The number of benzene rings is 2. The van der Waals surface area contributed by atoms with Crippen LogP contribution in [0.3, 0.4) is 0 Å². The van der Waals surface area contributed by atoms with Gasteiger partial charge in [0.05, 0.1) is 12.2 Å². The number of ether oxygens (including phenoxy) is 1. The predicted octanol–water partition coefficient (Wildman–Crippen LogP) is 4.43. The number of carbonyl (C=O) groups excluding carboxylic acids is 2. The fourth-order valence-corrected chi connectivity index (χ4v) is 2.08. The lowest BCUT2D eigenvalue weighted by atomic mass is 10.2. The molecular weight excluding hydrogens is 321 g/mol. The topological polar surface area (TPSA) is 55.4 Å². The number of anilines is 1. The summed E-state index contributed by atoms with van der Waals surface area (Å²) in [5.41, 5.74) is 1.45. The predicted molar refractivity (Wildman–Crippen MR) is 95.7 cm³/mol. The van der Waals surface area contributed by atoms with Crippen LogP contribution in [0.4, 0.5) is 10.1 Å². The van der Waals surface area contributed by atoms with E-state index in [4.69, 9.17) is 4.74 Å². The Balaban J connectivity index is 1.96. The van der Waals surface area contributed by atoms with Crippen molar-refractivity contribution < 1.29 is 18.7 Å². The van der Waals surface area contributed by atoms with Crippen molar-refractivity contribution in [1.82, 2.24) is 0 Å². The maximum absolute atomic E-state index is 13.1. The Morgan fingerprint density at radius 3 is 2.72 bits per heavy atom. The number of esters is 1. The largest absolute Gasteiger partial charge is 0.462 e. The van der Waals surface area contributed by atoms with Gasteiger partial charge in [0, 0.05) is 11.8 Å². The van der Waals surface area contributed by atoms with Gasteiger partial charge in [-0.3, -0.25) is 4.79 Å². The summed E-state index contributed by atoms with van der Waals surface area (Å²) in [5, 5.41) is 2.66. The molecule has 130 valence electrons. The van der Waals surface area contributed by atoms with E-state index in [1.165, 1.54) is 24.3 Å². The fourth-order valence-electron chi connectivity index (χ4n) is 2.08. The molecule has 0 bridgehead atoms. The van der Waals surface area contributed by atoms with Crippen LogP contribution in [0, 0.1) is 5.82 Å². The molecule has 0 saturated carbocycles. The van der Waals surface area contributed by atoms with Crippen molar-refractivity contribution in [1.29, 1.82) is 0 Å². The lowest BCUT2D eigenvalue weighted by molar-refractivity contribution is -0.111. The minimum absolute atomic E-state index is 0.364. The Hall–Kier alpha value is -2.95. The number of rotatable bonds is 7. The molecule has 0 saturated heterocycles. The number of unbranched alkanes of at least 4 members (excludes halogenated alkanes) is 1. The van der Waals surface area contributed by atoms with Gasteiger partial charge >= 0.3 is 5.97 Å². The lowest BCUT2D eigenvalue weighted by Gasteiger charge is -2.06. The number of nitrogens with one attached hydrogen (secondary N) is 1. The van der Waals surface area contributed by atoms with Crippen LogP contribution in [-0.2, 0) is 9.53 Å². The molecule has 0 aromatic heterocycles. The Morgan fingerprint density at radius 1 is 1.16 bits per heavy atom. The van der Waals surface area contributed by atoms with Crippen molar-refractivity contribution in [3.05, 3.63) is 71.6 Å². The van der Waals surface area contributed by atoms with Gasteiger partial charge in [0.1, 0.15) is 5.82 Å². The van der Waals surface area contributed by atoms with Crippen LogP contribution < -0.4 is 5.32 Å². The first-order valence-corrected chi connectivity index (χ1v) is 8.10. The van der Waals surface area contributed by atoms with Crippen LogP contribution in [0.1, 0.15) is 35.7 Å². The fraction of sp³-hybridized carbons (Fsp3) is 0.200. The van der Waals surface area contributed by atoms with Gasteiger partial charge in [0.15, 0.2) is 0 Å². The number of hydrogen-bond acceptors (Lipinski definition) is 3. The maximum atomic E-state index is 13.1. The van der Waals surface area contributed by atoms with Crippen LogP contribution in [0.2, 0.25) is 0 Å². The molecule has 0 aliphatic carbocycles. The van der Waals surface area contributed by atoms with E-state index < -0.39 is 5.97 Å². The van der Waals surface area contributed by atoms with E-state index >= 15 is 0 Å². The van der Waals surface area contributed by atoms with Gasteiger partial charge in [0.2, 0.25) is 5.91 Å². The van der Waals surface area contributed by atoms with E-state index in [0.717, 1.165) is 12.8 Å². The molecule has 1 N–H and O–H groups in total. The van der Waals surface area contributed by atoms with Crippen LogP contribution in [0.25, 0.3) is 6.08 Å². The van der Waals surface area contributed by atoms with E-state index in [2.05, 4.69) is 5.32 Å². The van der Waals surface area contributed by atoms with Crippen LogP contribution >= 0.6 is 0 Å². The summed E-state index contributed by atoms with van der Waals surface area (Å²) in [6.45, 7) is 2.39. The quantitative estimate of drug-likeness (QED) is 0.460. The monoisotopic (exact) mass is 341 g/mol. The van der Waals surface area contributed by atoms with Gasteiger partial charge in [-0.05, 0) is 48.4 Å².